The first kappa shape index (κ1) is 14.2. The van der Waals surface area contributed by atoms with Gasteiger partial charge in [0.25, 0.3) is 6.43 Å². The van der Waals surface area contributed by atoms with Crippen molar-refractivity contribution in [2.75, 3.05) is 13.2 Å². The van der Waals surface area contributed by atoms with Gasteiger partial charge < -0.3 is 4.74 Å². The predicted octanol–water partition coefficient (Wildman–Crippen LogP) is 3.44. The van der Waals surface area contributed by atoms with Gasteiger partial charge in [-0.2, -0.15) is 0 Å². The monoisotopic (exact) mass is 310 g/mol. The number of carbonyl (C=O) groups is 1. The molecule has 2 nitrogen and oxygen atoms in total. The van der Waals surface area contributed by atoms with Crippen LogP contribution in [0.1, 0.15) is 16.8 Å². The zero-order valence-electron chi connectivity index (χ0n) is 8.76. The Morgan fingerprint density at radius 1 is 1.41 bits per heavy atom. The lowest BCUT2D eigenvalue weighted by molar-refractivity contribution is 0.0170. The summed E-state index contributed by atoms with van der Waals surface area (Å²) in [6, 6.07) is 3.86. The van der Waals surface area contributed by atoms with E-state index in [0.717, 1.165) is 6.07 Å². The van der Waals surface area contributed by atoms with Crippen LogP contribution in [0.15, 0.2) is 22.7 Å². The van der Waals surface area contributed by atoms with Crippen molar-refractivity contribution in [2.24, 2.45) is 0 Å². The minimum atomic E-state index is -2.54. The quantitative estimate of drug-likeness (QED) is 0.594. The molecule has 0 unspecified atom stereocenters. The van der Waals surface area contributed by atoms with Crippen LogP contribution in [0.4, 0.5) is 13.2 Å². The van der Waals surface area contributed by atoms with Crippen LogP contribution in [0, 0.1) is 5.82 Å². The number of rotatable bonds is 6. The molecular formula is C11H10BrF3O2. The van der Waals surface area contributed by atoms with Crippen molar-refractivity contribution >= 4 is 21.7 Å². The number of benzene rings is 1. The Labute approximate surface area is 105 Å². The molecule has 17 heavy (non-hydrogen) atoms. The van der Waals surface area contributed by atoms with Crippen LogP contribution in [0.25, 0.3) is 0 Å². The molecule has 0 fully saturated rings. The van der Waals surface area contributed by atoms with Gasteiger partial charge in [0.15, 0.2) is 5.78 Å². The minimum Gasteiger partial charge on any atom is -0.375 e. The molecule has 0 aliphatic rings. The molecule has 0 saturated heterocycles. The highest BCUT2D eigenvalue weighted by atomic mass is 79.9. The summed E-state index contributed by atoms with van der Waals surface area (Å²) in [4.78, 5) is 11.5. The second kappa shape index (κ2) is 6.76. The van der Waals surface area contributed by atoms with Gasteiger partial charge in [0.05, 0.1) is 11.1 Å². The van der Waals surface area contributed by atoms with Gasteiger partial charge in [-0.05, 0) is 34.1 Å². The summed E-state index contributed by atoms with van der Waals surface area (Å²) in [6.45, 7) is -0.751. The molecule has 1 aromatic carbocycles. The van der Waals surface area contributed by atoms with E-state index in [0.29, 0.717) is 5.56 Å². The van der Waals surface area contributed by atoms with E-state index < -0.39 is 18.8 Å². The van der Waals surface area contributed by atoms with Gasteiger partial charge in [-0.3, -0.25) is 4.79 Å². The third-order valence-corrected chi connectivity index (χ3v) is 2.57. The smallest absolute Gasteiger partial charge is 0.261 e. The number of Topliss-reactive ketones (excluding diaryl/α,β-unsaturated/α-hetero) is 1. The van der Waals surface area contributed by atoms with Crippen molar-refractivity contribution in [3.63, 3.8) is 0 Å². The lowest BCUT2D eigenvalue weighted by Crippen LogP contribution is -2.09. The fourth-order valence-electron chi connectivity index (χ4n) is 1.15. The summed E-state index contributed by atoms with van der Waals surface area (Å²) in [5.41, 5.74) is 0.318. The molecule has 0 saturated carbocycles. The number of ketones is 1. The fraction of sp³-hybridized carbons (Fsp3) is 0.364. The van der Waals surface area contributed by atoms with Crippen molar-refractivity contribution in [1.82, 2.24) is 0 Å². The zero-order valence-corrected chi connectivity index (χ0v) is 10.3. The van der Waals surface area contributed by atoms with E-state index >= 15 is 0 Å². The molecule has 0 bridgehead atoms. The predicted molar refractivity (Wildman–Crippen MR) is 59.9 cm³/mol. The minimum absolute atomic E-state index is 0.00913. The standard InChI is InChI=1S/C11H10BrF3O2/c12-8-5-7(1-2-9(8)13)10(16)3-4-17-6-11(14)15/h1-2,5,11H,3-4,6H2. The molecule has 0 N–H and O–H groups in total. The molecule has 0 amide bonds. The van der Waals surface area contributed by atoms with Crippen molar-refractivity contribution in [3.05, 3.63) is 34.1 Å². The van der Waals surface area contributed by atoms with E-state index in [9.17, 15) is 18.0 Å². The van der Waals surface area contributed by atoms with Gasteiger partial charge >= 0.3 is 0 Å². The third kappa shape index (κ3) is 4.87. The van der Waals surface area contributed by atoms with Crippen molar-refractivity contribution < 1.29 is 22.7 Å². The maximum Gasteiger partial charge on any atom is 0.261 e. The Bertz CT molecular complexity index is 396. The Morgan fingerprint density at radius 2 is 2.12 bits per heavy atom. The van der Waals surface area contributed by atoms with Crippen molar-refractivity contribution in [2.45, 2.75) is 12.8 Å². The Morgan fingerprint density at radius 3 is 2.71 bits per heavy atom. The van der Waals surface area contributed by atoms with Gasteiger partial charge in [0.2, 0.25) is 0 Å². The van der Waals surface area contributed by atoms with E-state index in [4.69, 9.17) is 0 Å². The van der Waals surface area contributed by atoms with Gasteiger partial charge in [-0.15, -0.1) is 0 Å². The zero-order chi connectivity index (χ0) is 12.8. The summed E-state index contributed by atoms with van der Waals surface area (Å²) in [5, 5.41) is 0. The number of alkyl halides is 2. The van der Waals surface area contributed by atoms with Gasteiger partial charge in [-0.1, -0.05) is 0 Å². The molecule has 0 atom stereocenters. The van der Waals surface area contributed by atoms with E-state index in [1.807, 2.05) is 0 Å². The van der Waals surface area contributed by atoms with Crippen LogP contribution >= 0.6 is 15.9 Å². The van der Waals surface area contributed by atoms with Crippen LogP contribution in [0.5, 0.6) is 0 Å². The third-order valence-electron chi connectivity index (χ3n) is 1.96. The van der Waals surface area contributed by atoms with Crippen LogP contribution < -0.4 is 0 Å². The molecule has 0 aliphatic carbocycles. The molecule has 94 valence electrons. The lowest BCUT2D eigenvalue weighted by atomic mass is 10.1. The molecular weight excluding hydrogens is 301 g/mol. The summed E-state index contributed by atoms with van der Waals surface area (Å²) in [7, 11) is 0. The van der Waals surface area contributed by atoms with Crippen LogP contribution in [-0.4, -0.2) is 25.4 Å². The molecule has 0 spiro atoms. The largest absolute Gasteiger partial charge is 0.375 e. The number of carbonyl (C=O) groups excluding carboxylic acids is 1. The maximum atomic E-state index is 12.9. The molecule has 1 rings (SSSR count). The number of hydrogen-bond acceptors (Lipinski definition) is 2. The van der Waals surface area contributed by atoms with Gasteiger partial charge in [0, 0.05) is 12.0 Å². The number of hydrogen-bond donors (Lipinski definition) is 0. The van der Waals surface area contributed by atoms with Crippen molar-refractivity contribution in [1.29, 1.82) is 0 Å². The fourth-order valence-corrected chi connectivity index (χ4v) is 1.53. The Balaban J connectivity index is 2.44. The summed E-state index contributed by atoms with van der Waals surface area (Å²) >= 11 is 2.96. The first-order valence-electron chi connectivity index (χ1n) is 4.85. The summed E-state index contributed by atoms with van der Waals surface area (Å²) < 4.78 is 41.1. The second-order valence-electron chi connectivity index (χ2n) is 3.27. The normalized spacial score (nSPS) is 10.9. The van der Waals surface area contributed by atoms with Gasteiger partial charge in [0.1, 0.15) is 12.4 Å². The molecule has 0 aromatic heterocycles. The van der Waals surface area contributed by atoms with E-state index in [2.05, 4.69) is 20.7 Å². The highest BCUT2D eigenvalue weighted by molar-refractivity contribution is 9.10. The topological polar surface area (TPSA) is 26.3 Å². The highest BCUT2D eigenvalue weighted by Gasteiger charge is 2.09. The molecule has 0 radical (unpaired) electrons. The molecule has 6 heteroatoms. The second-order valence-corrected chi connectivity index (χ2v) is 4.12. The van der Waals surface area contributed by atoms with Crippen molar-refractivity contribution in [3.8, 4) is 0 Å². The van der Waals surface area contributed by atoms with Gasteiger partial charge in [-0.25, -0.2) is 13.2 Å². The van der Waals surface area contributed by atoms with E-state index in [-0.39, 0.29) is 23.3 Å². The van der Waals surface area contributed by atoms with Crippen LogP contribution in [0.2, 0.25) is 0 Å². The maximum absolute atomic E-state index is 12.9. The lowest BCUT2D eigenvalue weighted by Gasteiger charge is -2.04. The number of ether oxygens (including phenoxy) is 1. The Kier molecular flexibility index (Phi) is 5.64. The average Bonchev–Trinajstić information content (AvgIpc) is 2.27. The molecule has 1 aromatic rings. The highest BCUT2D eigenvalue weighted by Crippen LogP contribution is 2.17. The average molecular weight is 311 g/mol. The molecule has 0 heterocycles. The first-order chi connectivity index (χ1) is 8.00. The number of halogens is 4. The summed E-state index contributed by atoms with van der Waals surface area (Å²) in [6.07, 6.45) is -2.55. The van der Waals surface area contributed by atoms with Crippen LogP contribution in [-0.2, 0) is 4.74 Å². The SMILES string of the molecule is O=C(CCOCC(F)F)c1ccc(F)c(Br)c1. The Hall–Kier alpha value is -0.880. The van der Waals surface area contributed by atoms with E-state index in [1.54, 1.807) is 0 Å². The van der Waals surface area contributed by atoms with Crippen LogP contribution in [0.3, 0.4) is 0 Å². The first-order valence-corrected chi connectivity index (χ1v) is 5.64. The molecule has 0 aliphatic heterocycles. The van der Waals surface area contributed by atoms with E-state index in [1.165, 1.54) is 12.1 Å². The summed E-state index contributed by atoms with van der Waals surface area (Å²) in [5.74, 6) is -0.740.